The van der Waals surface area contributed by atoms with Crippen molar-refractivity contribution in [1.29, 1.82) is 0 Å². The first kappa shape index (κ1) is 18.6. The smallest absolute Gasteiger partial charge is 0.255 e. The Bertz CT molecular complexity index is 740. The molecule has 3 heterocycles. The van der Waals surface area contributed by atoms with Crippen molar-refractivity contribution in [3.63, 3.8) is 0 Å². The highest BCUT2D eigenvalue weighted by Gasteiger charge is 2.43. The number of hydrazine groups is 1. The van der Waals surface area contributed by atoms with Gasteiger partial charge in [-0.25, -0.2) is 9.82 Å². The predicted molar refractivity (Wildman–Crippen MR) is 98.7 cm³/mol. The fourth-order valence-corrected chi connectivity index (χ4v) is 4.37. The number of piperidine rings is 1. The Hall–Kier alpha value is -1.74. The monoisotopic (exact) mass is 395 g/mol. The number of halogens is 2. The Kier molecular flexibility index (Phi) is 5.32. The second kappa shape index (κ2) is 7.71. The van der Waals surface area contributed by atoms with E-state index in [-0.39, 0.29) is 34.4 Å². The number of carbonyl (C=O) groups is 2. The molecule has 0 radical (unpaired) electrons. The van der Waals surface area contributed by atoms with Crippen LogP contribution in [0.4, 0.5) is 4.39 Å². The van der Waals surface area contributed by atoms with Crippen molar-refractivity contribution in [1.82, 2.24) is 26.0 Å². The summed E-state index contributed by atoms with van der Waals surface area (Å²) in [6.45, 7) is 3.61. The van der Waals surface area contributed by atoms with Gasteiger partial charge in [-0.1, -0.05) is 11.6 Å². The zero-order valence-corrected chi connectivity index (χ0v) is 15.6. The van der Waals surface area contributed by atoms with E-state index in [1.54, 1.807) is 4.90 Å². The van der Waals surface area contributed by atoms with Gasteiger partial charge in [-0.3, -0.25) is 15.0 Å². The molecule has 0 bridgehead atoms. The number of piperazine rings is 1. The molecule has 2 amide bonds. The largest absolute Gasteiger partial charge is 0.338 e. The Morgan fingerprint density at radius 2 is 1.85 bits per heavy atom. The number of hydrogen-bond acceptors (Lipinski definition) is 5. The minimum Gasteiger partial charge on any atom is -0.338 e. The maximum atomic E-state index is 13.2. The normalized spacial score (nSPS) is 28.1. The van der Waals surface area contributed by atoms with E-state index in [2.05, 4.69) is 16.2 Å². The highest BCUT2D eigenvalue weighted by atomic mass is 35.5. The minimum atomic E-state index is -0.472. The molecule has 3 aliphatic rings. The first-order chi connectivity index (χ1) is 13.0. The Morgan fingerprint density at radius 3 is 2.59 bits per heavy atom. The second-order valence-corrected chi connectivity index (χ2v) is 7.68. The molecule has 4 rings (SSSR count). The standard InChI is InChI=1S/C18H23ClFN5O2/c19-14-9-11(20)1-2-12(14)17(26)24-5-7-25(8-6-24)18(27)16-13-10-21-4-3-15(13)22-23-16/h1-2,9,13,15-16,21-23H,3-8,10H2. The summed E-state index contributed by atoms with van der Waals surface area (Å²) in [6.07, 6.45) is 1.00. The molecule has 3 atom stereocenters. The number of rotatable bonds is 2. The number of nitrogens with zero attached hydrogens (tertiary/aromatic N) is 2. The lowest BCUT2D eigenvalue weighted by Crippen LogP contribution is -2.56. The molecule has 3 fully saturated rings. The van der Waals surface area contributed by atoms with Gasteiger partial charge in [-0.2, -0.15) is 0 Å². The third kappa shape index (κ3) is 3.67. The molecule has 7 nitrogen and oxygen atoms in total. The highest BCUT2D eigenvalue weighted by Crippen LogP contribution is 2.23. The van der Waals surface area contributed by atoms with Crippen molar-refractivity contribution in [3.05, 3.63) is 34.6 Å². The molecular weight excluding hydrogens is 373 g/mol. The molecule has 0 aliphatic carbocycles. The van der Waals surface area contributed by atoms with E-state index in [9.17, 15) is 14.0 Å². The van der Waals surface area contributed by atoms with Gasteiger partial charge in [-0.15, -0.1) is 0 Å². The molecule has 3 saturated heterocycles. The van der Waals surface area contributed by atoms with E-state index in [1.165, 1.54) is 12.1 Å². The zero-order valence-electron chi connectivity index (χ0n) is 14.9. The van der Waals surface area contributed by atoms with Crippen LogP contribution in [-0.4, -0.2) is 73.0 Å². The quantitative estimate of drug-likeness (QED) is 0.668. The van der Waals surface area contributed by atoms with Crippen LogP contribution < -0.4 is 16.2 Å². The van der Waals surface area contributed by atoms with Gasteiger partial charge in [-0.05, 0) is 31.2 Å². The van der Waals surface area contributed by atoms with Crippen LogP contribution in [0.5, 0.6) is 0 Å². The lowest BCUT2D eigenvalue weighted by atomic mass is 9.89. The van der Waals surface area contributed by atoms with Crippen molar-refractivity contribution in [2.45, 2.75) is 18.5 Å². The third-order valence-electron chi connectivity index (χ3n) is 5.69. The first-order valence-electron chi connectivity index (χ1n) is 9.29. The molecule has 146 valence electrons. The van der Waals surface area contributed by atoms with Crippen molar-refractivity contribution in [3.8, 4) is 0 Å². The number of fused-ring (bicyclic) bond motifs is 1. The van der Waals surface area contributed by atoms with Crippen molar-refractivity contribution >= 4 is 23.4 Å². The second-order valence-electron chi connectivity index (χ2n) is 7.27. The van der Waals surface area contributed by atoms with Gasteiger partial charge in [0.15, 0.2) is 0 Å². The Balaban J connectivity index is 1.36. The number of amides is 2. The minimum absolute atomic E-state index is 0.0746. The van der Waals surface area contributed by atoms with Crippen molar-refractivity contribution < 1.29 is 14.0 Å². The van der Waals surface area contributed by atoms with Crippen LogP contribution in [0.3, 0.4) is 0 Å². The fourth-order valence-electron chi connectivity index (χ4n) is 4.12. The van der Waals surface area contributed by atoms with E-state index in [4.69, 9.17) is 11.6 Å². The summed E-state index contributed by atoms with van der Waals surface area (Å²) in [7, 11) is 0. The van der Waals surface area contributed by atoms with Crippen LogP contribution in [0.1, 0.15) is 16.8 Å². The van der Waals surface area contributed by atoms with Crippen molar-refractivity contribution in [2.75, 3.05) is 39.3 Å². The van der Waals surface area contributed by atoms with E-state index >= 15 is 0 Å². The van der Waals surface area contributed by atoms with Gasteiger partial charge < -0.3 is 15.1 Å². The molecule has 0 aromatic heterocycles. The topological polar surface area (TPSA) is 76.7 Å². The van der Waals surface area contributed by atoms with E-state index < -0.39 is 5.82 Å². The van der Waals surface area contributed by atoms with Crippen LogP contribution >= 0.6 is 11.6 Å². The van der Waals surface area contributed by atoms with Gasteiger partial charge in [0.05, 0.1) is 10.6 Å². The van der Waals surface area contributed by atoms with E-state index in [1.807, 2.05) is 4.90 Å². The average Bonchev–Trinajstić information content (AvgIpc) is 3.11. The molecule has 1 aromatic rings. The van der Waals surface area contributed by atoms with Gasteiger partial charge in [0.2, 0.25) is 5.91 Å². The molecule has 0 saturated carbocycles. The number of carbonyl (C=O) groups excluding carboxylic acids is 2. The SMILES string of the molecule is O=C(c1ccc(F)cc1Cl)N1CCN(C(=O)C2NNC3CCNCC32)CC1. The summed E-state index contributed by atoms with van der Waals surface area (Å²) in [5.74, 6) is -0.390. The van der Waals surface area contributed by atoms with E-state index in [0.717, 1.165) is 25.6 Å². The summed E-state index contributed by atoms with van der Waals surface area (Å²) in [6, 6.07) is 3.86. The summed E-state index contributed by atoms with van der Waals surface area (Å²) >= 11 is 6.00. The van der Waals surface area contributed by atoms with Crippen LogP contribution in [0.15, 0.2) is 18.2 Å². The Morgan fingerprint density at radius 1 is 1.11 bits per heavy atom. The van der Waals surface area contributed by atoms with Gasteiger partial charge >= 0.3 is 0 Å². The molecular formula is C18H23ClFN5O2. The van der Waals surface area contributed by atoms with Crippen molar-refractivity contribution in [2.24, 2.45) is 5.92 Å². The van der Waals surface area contributed by atoms with Gasteiger partial charge in [0.1, 0.15) is 11.9 Å². The molecule has 3 unspecified atom stereocenters. The third-order valence-corrected chi connectivity index (χ3v) is 6.00. The lowest BCUT2D eigenvalue weighted by molar-refractivity contribution is -0.135. The Labute approximate surface area is 162 Å². The maximum absolute atomic E-state index is 13.2. The predicted octanol–water partition coefficient (Wildman–Crippen LogP) is 0.218. The molecule has 3 N–H and O–H groups in total. The summed E-state index contributed by atoms with van der Waals surface area (Å²) < 4.78 is 13.2. The summed E-state index contributed by atoms with van der Waals surface area (Å²) in [4.78, 5) is 29.0. The summed E-state index contributed by atoms with van der Waals surface area (Å²) in [5.41, 5.74) is 6.68. The number of benzene rings is 1. The first-order valence-corrected chi connectivity index (χ1v) is 9.67. The van der Waals surface area contributed by atoms with Crippen LogP contribution in [0.25, 0.3) is 0 Å². The van der Waals surface area contributed by atoms with Crippen LogP contribution in [-0.2, 0) is 4.79 Å². The average molecular weight is 396 g/mol. The van der Waals surface area contributed by atoms with Gasteiger partial charge in [0.25, 0.3) is 5.91 Å². The molecule has 0 spiro atoms. The summed E-state index contributed by atoms with van der Waals surface area (Å²) in [5, 5.41) is 3.46. The molecule has 9 heteroatoms. The zero-order chi connectivity index (χ0) is 19.0. The fraction of sp³-hybridized carbons (Fsp3) is 0.556. The number of nitrogens with one attached hydrogen (secondary N) is 3. The maximum Gasteiger partial charge on any atom is 0.255 e. The lowest BCUT2D eigenvalue weighted by Gasteiger charge is -2.37. The highest BCUT2D eigenvalue weighted by molar-refractivity contribution is 6.33. The molecule has 27 heavy (non-hydrogen) atoms. The molecule has 1 aromatic carbocycles. The number of hydrogen-bond donors (Lipinski definition) is 3. The van der Waals surface area contributed by atoms with Crippen LogP contribution in [0, 0.1) is 11.7 Å². The molecule has 3 aliphatic heterocycles. The van der Waals surface area contributed by atoms with E-state index in [0.29, 0.717) is 32.2 Å². The van der Waals surface area contributed by atoms with Gasteiger partial charge in [0, 0.05) is 44.7 Å². The van der Waals surface area contributed by atoms with Crippen LogP contribution in [0.2, 0.25) is 5.02 Å².